The lowest BCUT2D eigenvalue weighted by Crippen LogP contribution is -2.26. The molecule has 1 aliphatic carbocycles. The molecule has 0 spiro atoms. The number of hydrogen-bond donors (Lipinski definition) is 2. The molecule has 0 bridgehead atoms. The van der Waals surface area contributed by atoms with Crippen molar-refractivity contribution in [2.24, 2.45) is 5.73 Å². The maximum Gasteiger partial charge on any atom is 0.251 e. The molecule has 128 valence electrons. The van der Waals surface area contributed by atoms with Gasteiger partial charge in [-0.3, -0.25) is 4.79 Å². The summed E-state index contributed by atoms with van der Waals surface area (Å²) in [6, 6.07) is 14.1. The molecular formula is C20H25ClN2O. The van der Waals surface area contributed by atoms with Gasteiger partial charge in [0.25, 0.3) is 5.91 Å². The summed E-state index contributed by atoms with van der Waals surface area (Å²) in [7, 11) is 0. The Labute approximate surface area is 150 Å². The number of carbonyl (C=O) groups is 1. The summed E-state index contributed by atoms with van der Waals surface area (Å²) in [6.45, 7) is 2.53. The van der Waals surface area contributed by atoms with Crippen molar-refractivity contribution < 1.29 is 4.79 Å². The average Bonchev–Trinajstić information content (AvgIpc) is 2.61. The van der Waals surface area contributed by atoms with Crippen LogP contribution >= 0.6 is 12.4 Å². The van der Waals surface area contributed by atoms with Crippen molar-refractivity contribution in [1.29, 1.82) is 0 Å². The number of carbonyl (C=O) groups excluding carboxylic acids is 1. The van der Waals surface area contributed by atoms with Gasteiger partial charge in [0.1, 0.15) is 0 Å². The summed E-state index contributed by atoms with van der Waals surface area (Å²) < 4.78 is 0. The monoisotopic (exact) mass is 344 g/mol. The largest absolute Gasteiger partial charge is 0.346 e. The summed E-state index contributed by atoms with van der Waals surface area (Å²) >= 11 is 0. The first-order chi connectivity index (χ1) is 11.2. The molecule has 1 amide bonds. The van der Waals surface area contributed by atoms with E-state index >= 15 is 0 Å². The van der Waals surface area contributed by atoms with E-state index in [0.29, 0.717) is 12.1 Å². The maximum absolute atomic E-state index is 12.4. The van der Waals surface area contributed by atoms with Crippen molar-refractivity contribution in [2.75, 3.05) is 0 Å². The van der Waals surface area contributed by atoms with Gasteiger partial charge in [0.05, 0.1) is 6.04 Å². The second-order valence-corrected chi connectivity index (χ2v) is 6.33. The Bertz CT molecular complexity index is 697. The lowest BCUT2D eigenvalue weighted by molar-refractivity contribution is 0.0940. The molecule has 0 saturated carbocycles. The van der Waals surface area contributed by atoms with Crippen LogP contribution in [-0.2, 0) is 19.4 Å². The smallest absolute Gasteiger partial charge is 0.251 e. The van der Waals surface area contributed by atoms with Crippen LogP contribution in [0.2, 0.25) is 0 Å². The number of aryl methyl sites for hydroxylation is 2. The second-order valence-electron chi connectivity index (χ2n) is 6.33. The summed E-state index contributed by atoms with van der Waals surface area (Å²) in [5.74, 6) is -0.0428. The van der Waals surface area contributed by atoms with Crippen molar-refractivity contribution >= 4 is 18.3 Å². The van der Waals surface area contributed by atoms with E-state index in [1.165, 1.54) is 36.0 Å². The highest BCUT2D eigenvalue weighted by molar-refractivity contribution is 5.94. The highest BCUT2D eigenvalue weighted by Gasteiger charge is 2.14. The van der Waals surface area contributed by atoms with Gasteiger partial charge in [-0.15, -0.1) is 12.4 Å². The molecule has 0 aromatic heterocycles. The summed E-state index contributed by atoms with van der Waals surface area (Å²) in [6.07, 6.45) is 4.90. The van der Waals surface area contributed by atoms with E-state index in [4.69, 9.17) is 5.73 Å². The Morgan fingerprint density at radius 3 is 2.42 bits per heavy atom. The zero-order valence-electron chi connectivity index (χ0n) is 14.0. The molecule has 3 N–H and O–H groups in total. The molecule has 1 unspecified atom stereocenters. The van der Waals surface area contributed by atoms with Crippen molar-refractivity contribution in [3.05, 3.63) is 70.3 Å². The van der Waals surface area contributed by atoms with E-state index in [9.17, 15) is 4.79 Å². The highest BCUT2D eigenvalue weighted by atomic mass is 35.5. The van der Waals surface area contributed by atoms with Crippen molar-refractivity contribution in [1.82, 2.24) is 5.32 Å². The van der Waals surface area contributed by atoms with E-state index in [0.717, 1.165) is 12.0 Å². The van der Waals surface area contributed by atoms with E-state index in [1.807, 2.05) is 31.2 Å². The number of nitrogens with one attached hydrogen (secondary N) is 1. The molecule has 3 nitrogen and oxygen atoms in total. The number of halogens is 1. The van der Waals surface area contributed by atoms with Gasteiger partial charge in [-0.05, 0) is 67.0 Å². The summed E-state index contributed by atoms with van der Waals surface area (Å²) in [4.78, 5) is 12.4. The fourth-order valence-electron chi connectivity index (χ4n) is 3.18. The predicted molar refractivity (Wildman–Crippen MR) is 101 cm³/mol. The Morgan fingerprint density at radius 2 is 1.75 bits per heavy atom. The van der Waals surface area contributed by atoms with Crippen LogP contribution in [0.1, 0.15) is 58.4 Å². The van der Waals surface area contributed by atoms with Crippen LogP contribution in [0.3, 0.4) is 0 Å². The quantitative estimate of drug-likeness (QED) is 0.882. The summed E-state index contributed by atoms with van der Waals surface area (Å²) in [5.41, 5.74) is 11.4. The molecule has 4 heteroatoms. The molecule has 1 aliphatic rings. The van der Waals surface area contributed by atoms with Gasteiger partial charge in [-0.25, -0.2) is 0 Å². The first kappa shape index (κ1) is 18.5. The van der Waals surface area contributed by atoms with E-state index in [1.54, 1.807) is 0 Å². The third kappa shape index (κ3) is 4.16. The van der Waals surface area contributed by atoms with Crippen LogP contribution in [0.5, 0.6) is 0 Å². The first-order valence-electron chi connectivity index (χ1n) is 8.39. The lowest BCUT2D eigenvalue weighted by Gasteiger charge is -2.20. The Hall–Kier alpha value is -1.84. The van der Waals surface area contributed by atoms with Crippen molar-refractivity contribution in [3.63, 3.8) is 0 Å². The molecule has 1 atom stereocenters. The third-order valence-electron chi connectivity index (χ3n) is 4.67. The number of benzene rings is 2. The van der Waals surface area contributed by atoms with Crippen LogP contribution < -0.4 is 11.1 Å². The minimum atomic E-state index is -0.0428. The van der Waals surface area contributed by atoms with Crippen molar-refractivity contribution in [3.8, 4) is 0 Å². The fraction of sp³-hybridized carbons (Fsp3) is 0.350. The molecule has 24 heavy (non-hydrogen) atoms. The predicted octanol–water partition coefficient (Wildman–Crippen LogP) is 3.94. The molecule has 3 rings (SSSR count). The van der Waals surface area contributed by atoms with Crippen molar-refractivity contribution in [2.45, 2.75) is 45.2 Å². The highest BCUT2D eigenvalue weighted by Crippen LogP contribution is 2.25. The van der Waals surface area contributed by atoms with Gasteiger partial charge in [0.15, 0.2) is 0 Å². The van der Waals surface area contributed by atoms with E-state index in [-0.39, 0.29) is 24.4 Å². The number of hydrogen-bond acceptors (Lipinski definition) is 2. The normalized spacial score (nSPS) is 14.2. The lowest BCUT2D eigenvalue weighted by atomic mass is 9.89. The Kier molecular flexibility index (Phi) is 6.41. The van der Waals surface area contributed by atoms with Gasteiger partial charge in [0.2, 0.25) is 0 Å². The topological polar surface area (TPSA) is 55.1 Å². The van der Waals surface area contributed by atoms with Crippen LogP contribution in [0.25, 0.3) is 0 Å². The third-order valence-corrected chi connectivity index (χ3v) is 4.67. The van der Waals surface area contributed by atoms with Crippen LogP contribution in [0.15, 0.2) is 42.5 Å². The molecule has 0 aliphatic heterocycles. The zero-order chi connectivity index (χ0) is 16.2. The molecular weight excluding hydrogens is 320 g/mol. The Balaban J connectivity index is 0.00000208. The molecule has 2 aromatic carbocycles. The van der Waals surface area contributed by atoms with Gasteiger partial charge in [0, 0.05) is 12.1 Å². The number of amides is 1. The van der Waals surface area contributed by atoms with Gasteiger partial charge >= 0.3 is 0 Å². The molecule has 2 aromatic rings. The molecule has 0 heterocycles. The minimum Gasteiger partial charge on any atom is -0.346 e. The minimum absolute atomic E-state index is 0. The number of fused-ring (bicyclic) bond motifs is 1. The molecule has 0 saturated heterocycles. The zero-order valence-corrected chi connectivity index (χ0v) is 14.9. The number of rotatable bonds is 4. The van der Waals surface area contributed by atoms with Crippen LogP contribution in [-0.4, -0.2) is 5.91 Å². The van der Waals surface area contributed by atoms with Gasteiger partial charge in [-0.2, -0.15) is 0 Å². The molecule has 0 radical (unpaired) electrons. The van der Waals surface area contributed by atoms with E-state index in [2.05, 4.69) is 23.5 Å². The average molecular weight is 345 g/mol. The second kappa shape index (κ2) is 8.32. The summed E-state index contributed by atoms with van der Waals surface area (Å²) in [5, 5.41) is 3.09. The van der Waals surface area contributed by atoms with Gasteiger partial charge in [-0.1, -0.05) is 30.3 Å². The SMILES string of the molecule is CC(NC(=O)c1ccc(CN)cc1)c1ccc2c(c1)CCCC2.Cl. The standard InChI is InChI=1S/C20H24N2O.ClH/c1-14(18-11-10-16-4-2-3-5-19(16)12-18)22-20(23)17-8-6-15(13-21)7-9-17;/h6-12,14H,2-5,13,21H2,1H3,(H,22,23);1H. The van der Waals surface area contributed by atoms with E-state index < -0.39 is 0 Å². The van der Waals surface area contributed by atoms with Crippen LogP contribution in [0.4, 0.5) is 0 Å². The molecule has 0 fully saturated rings. The van der Waals surface area contributed by atoms with Crippen LogP contribution in [0, 0.1) is 0 Å². The fourth-order valence-corrected chi connectivity index (χ4v) is 3.18. The number of nitrogens with two attached hydrogens (primary N) is 1. The first-order valence-corrected chi connectivity index (χ1v) is 8.39. The van der Waals surface area contributed by atoms with Gasteiger partial charge < -0.3 is 11.1 Å². The maximum atomic E-state index is 12.4. The Morgan fingerprint density at radius 1 is 1.08 bits per heavy atom.